The Balaban J connectivity index is 0. The van der Waals surface area contributed by atoms with Crippen LogP contribution < -0.4 is 0 Å². The molecule has 0 aromatic rings. The van der Waals surface area contributed by atoms with Crippen LogP contribution >= 0.6 is 23.2 Å². The van der Waals surface area contributed by atoms with E-state index in [0.29, 0.717) is 0 Å². The fraction of sp³-hybridized carbons (Fsp3) is 0. The van der Waals surface area contributed by atoms with E-state index in [2.05, 4.69) is 13.2 Å². The van der Waals surface area contributed by atoms with Crippen LogP contribution in [0.5, 0.6) is 0 Å². The molecule has 0 aliphatic rings. The van der Waals surface area contributed by atoms with Crippen molar-refractivity contribution in [3.63, 3.8) is 0 Å². The molecule has 0 bridgehead atoms. The average Bonchev–Trinajstić information content (AvgIpc) is 1.25. The SMILES string of the molecule is C=C(Cl)Cl.C=C(F)F. The molecular weight excluding hydrogens is 157 g/mol. The highest BCUT2D eigenvalue weighted by molar-refractivity contribution is 6.55. The first-order valence-electron chi connectivity index (χ1n) is 1.46. The van der Waals surface area contributed by atoms with Crippen LogP contribution in [0.15, 0.2) is 23.7 Å². The van der Waals surface area contributed by atoms with E-state index in [-0.39, 0.29) is 4.49 Å². The Morgan fingerprint density at radius 1 is 1.12 bits per heavy atom. The van der Waals surface area contributed by atoms with Crippen molar-refractivity contribution >= 4 is 23.2 Å². The van der Waals surface area contributed by atoms with Crippen LogP contribution in [0, 0.1) is 0 Å². The van der Waals surface area contributed by atoms with Crippen molar-refractivity contribution in [2.24, 2.45) is 0 Å². The quantitative estimate of drug-likeness (QED) is 0.511. The zero-order valence-corrected chi connectivity index (χ0v) is 5.44. The van der Waals surface area contributed by atoms with E-state index in [9.17, 15) is 8.78 Å². The number of hydrogen-bond donors (Lipinski definition) is 0. The van der Waals surface area contributed by atoms with E-state index in [0.717, 1.165) is 0 Å². The van der Waals surface area contributed by atoms with E-state index >= 15 is 0 Å². The standard InChI is InChI=1S/C2H2Cl2.C2H2F2/c2*1-2(3)4/h2*1H2. The Morgan fingerprint density at radius 2 is 1.12 bits per heavy atom. The molecule has 48 valence electrons. The lowest BCUT2D eigenvalue weighted by Gasteiger charge is -1.57. The van der Waals surface area contributed by atoms with Crippen molar-refractivity contribution in [2.45, 2.75) is 0 Å². The Kier molecular flexibility index (Phi) is 9.36. The van der Waals surface area contributed by atoms with Gasteiger partial charge in [-0.3, -0.25) is 0 Å². The average molecular weight is 161 g/mol. The van der Waals surface area contributed by atoms with Crippen LogP contribution in [-0.2, 0) is 0 Å². The summed E-state index contributed by atoms with van der Waals surface area (Å²) in [6.45, 7) is 5.31. The van der Waals surface area contributed by atoms with Gasteiger partial charge in [0.1, 0.15) is 0 Å². The molecule has 0 heterocycles. The summed E-state index contributed by atoms with van der Waals surface area (Å²) in [6.07, 6.45) is -1.83. The fourth-order valence-corrected chi connectivity index (χ4v) is 0. The van der Waals surface area contributed by atoms with Crippen LogP contribution in [-0.4, -0.2) is 0 Å². The molecule has 0 fully saturated rings. The lowest BCUT2D eigenvalue weighted by Crippen LogP contribution is -1.33. The lowest BCUT2D eigenvalue weighted by atomic mass is 11.2. The number of hydrogen-bond acceptors (Lipinski definition) is 0. The second-order valence-corrected chi connectivity index (χ2v) is 1.78. The first-order chi connectivity index (χ1) is 3.46. The second kappa shape index (κ2) is 6.92. The Labute approximate surface area is 56.4 Å². The van der Waals surface area contributed by atoms with Gasteiger partial charge >= 0.3 is 0 Å². The third-order valence-corrected chi connectivity index (χ3v) is 0. The Morgan fingerprint density at radius 3 is 1.12 bits per heavy atom. The predicted octanol–water partition coefficient (Wildman–Crippen LogP) is 3.33. The highest BCUT2D eigenvalue weighted by Gasteiger charge is 1.65. The third-order valence-electron chi connectivity index (χ3n) is 0. The van der Waals surface area contributed by atoms with Crippen molar-refractivity contribution in [3.8, 4) is 0 Å². The van der Waals surface area contributed by atoms with Gasteiger partial charge in [0.05, 0.1) is 4.49 Å². The summed E-state index contributed by atoms with van der Waals surface area (Å²) in [5.74, 6) is 0. The summed E-state index contributed by atoms with van der Waals surface area (Å²) < 4.78 is 20.4. The topological polar surface area (TPSA) is 0 Å². The first kappa shape index (κ1) is 10.8. The maximum absolute atomic E-state index is 10.1. The molecule has 0 spiro atoms. The number of rotatable bonds is 0. The Hall–Kier alpha value is -0.0800. The van der Waals surface area contributed by atoms with Crippen molar-refractivity contribution in [2.75, 3.05) is 0 Å². The maximum Gasteiger partial charge on any atom is 0.263 e. The largest absolute Gasteiger partial charge is 0.263 e. The molecule has 0 aliphatic carbocycles. The minimum absolute atomic E-state index is 0.111. The lowest BCUT2D eigenvalue weighted by molar-refractivity contribution is 0.426. The van der Waals surface area contributed by atoms with Gasteiger partial charge in [-0.05, 0) is 6.58 Å². The van der Waals surface area contributed by atoms with Crippen molar-refractivity contribution in [3.05, 3.63) is 23.7 Å². The van der Waals surface area contributed by atoms with Crippen molar-refractivity contribution in [1.29, 1.82) is 0 Å². The summed E-state index contributed by atoms with van der Waals surface area (Å²) in [6, 6.07) is 0. The predicted molar refractivity (Wildman–Crippen MR) is 32.2 cm³/mol. The first-order valence-corrected chi connectivity index (χ1v) is 2.22. The third kappa shape index (κ3) is 22400. The van der Waals surface area contributed by atoms with Crippen molar-refractivity contribution < 1.29 is 8.78 Å². The normalized spacial score (nSPS) is 6.50. The molecule has 0 N–H and O–H groups in total. The minimum Gasteiger partial charge on any atom is -0.174 e. The number of halogens is 4. The molecule has 0 atom stereocenters. The minimum atomic E-state index is -1.83. The molecule has 0 aliphatic heterocycles. The van der Waals surface area contributed by atoms with Gasteiger partial charge in [-0.25, -0.2) is 0 Å². The molecule has 0 saturated heterocycles. The van der Waals surface area contributed by atoms with Crippen LogP contribution in [0.4, 0.5) is 8.78 Å². The summed E-state index contributed by atoms with van der Waals surface area (Å²) in [5.41, 5.74) is 0. The molecule has 0 rings (SSSR count). The maximum atomic E-state index is 10.1. The van der Waals surface area contributed by atoms with E-state index in [1.54, 1.807) is 0 Å². The van der Waals surface area contributed by atoms with E-state index in [4.69, 9.17) is 23.2 Å². The highest BCUT2D eigenvalue weighted by Crippen LogP contribution is 1.98. The van der Waals surface area contributed by atoms with Gasteiger partial charge in [0.25, 0.3) is 6.08 Å². The molecule has 0 saturated carbocycles. The molecule has 0 radical (unpaired) electrons. The zero-order chi connectivity index (χ0) is 7.15. The van der Waals surface area contributed by atoms with Gasteiger partial charge in [0, 0.05) is 0 Å². The highest BCUT2D eigenvalue weighted by atomic mass is 35.5. The molecule has 4 heteroatoms. The summed E-state index contributed by atoms with van der Waals surface area (Å²) in [4.78, 5) is 0. The molecule has 0 amide bonds. The monoisotopic (exact) mass is 160 g/mol. The summed E-state index contributed by atoms with van der Waals surface area (Å²) in [7, 11) is 0. The van der Waals surface area contributed by atoms with Crippen LogP contribution in [0.25, 0.3) is 0 Å². The van der Waals surface area contributed by atoms with E-state index in [1.807, 2.05) is 0 Å². The van der Waals surface area contributed by atoms with Gasteiger partial charge in [0.15, 0.2) is 0 Å². The van der Waals surface area contributed by atoms with Gasteiger partial charge in [-0.2, -0.15) is 8.78 Å². The molecule has 8 heavy (non-hydrogen) atoms. The van der Waals surface area contributed by atoms with Gasteiger partial charge < -0.3 is 0 Å². The fourth-order valence-electron chi connectivity index (χ4n) is 0. The van der Waals surface area contributed by atoms with Crippen LogP contribution in [0.3, 0.4) is 0 Å². The van der Waals surface area contributed by atoms with E-state index < -0.39 is 6.08 Å². The molecular formula is C4H4Cl2F2. The van der Waals surface area contributed by atoms with Gasteiger partial charge in [0.2, 0.25) is 0 Å². The second-order valence-electron chi connectivity index (χ2n) is 0.677. The molecule has 0 aromatic heterocycles. The Bertz CT molecular complexity index is 70.0. The summed E-state index contributed by atoms with van der Waals surface area (Å²) in [5, 5.41) is 0. The van der Waals surface area contributed by atoms with Gasteiger partial charge in [-0.1, -0.05) is 29.8 Å². The van der Waals surface area contributed by atoms with Crippen LogP contribution in [0.2, 0.25) is 0 Å². The molecule has 0 unspecified atom stereocenters. The van der Waals surface area contributed by atoms with Crippen LogP contribution in [0.1, 0.15) is 0 Å². The van der Waals surface area contributed by atoms with E-state index in [1.165, 1.54) is 0 Å². The molecule has 0 nitrogen and oxygen atoms in total. The van der Waals surface area contributed by atoms with Gasteiger partial charge in [-0.15, -0.1) is 0 Å². The zero-order valence-electron chi connectivity index (χ0n) is 3.93. The van der Waals surface area contributed by atoms with Crippen molar-refractivity contribution in [1.82, 2.24) is 0 Å². The smallest absolute Gasteiger partial charge is 0.174 e. The molecule has 0 aromatic carbocycles. The summed E-state index contributed by atoms with van der Waals surface area (Å²) >= 11 is 9.69.